The number of hydrogen-bond donors (Lipinski definition) is 2. The van der Waals surface area contributed by atoms with E-state index in [1.54, 1.807) is 11.3 Å². The summed E-state index contributed by atoms with van der Waals surface area (Å²) in [6, 6.07) is 0. The molecule has 2 rings (SSSR count). The molecule has 2 N–H and O–H groups in total. The fraction of sp³-hybridized carbons (Fsp3) is 0.778. The van der Waals surface area contributed by atoms with Crippen LogP contribution in [-0.2, 0) is 6.42 Å². The minimum Gasteiger partial charge on any atom is -0.357 e. The van der Waals surface area contributed by atoms with Crippen LogP contribution < -0.4 is 10.6 Å². The summed E-state index contributed by atoms with van der Waals surface area (Å²) in [5.41, 5.74) is 0. The molecule has 24 heavy (non-hydrogen) atoms. The highest BCUT2D eigenvalue weighted by atomic mass is 32.1. The lowest BCUT2D eigenvalue weighted by molar-refractivity contribution is 0.283. The SMILES string of the molecule is CCNC(=NCCCN1CCCCCC1)NCCc1ncc(C)s1. The Kier molecular flexibility index (Phi) is 9.13. The zero-order chi connectivity index (χ0) is 17.0. The fourth-order valence-electron chi connectivity index (χ4n) is 2.99. The summed E-state index contributed by atoms with van der Waals surface area (Å²) >= 11 is 1.77. The molecule has 0 bridgehead atoms. The number of rotatable bonds is 8. The monoisotopic (exact) mass is 351 g/mol. The first-order valence-electron chi connectivity index (χ1n) is 9.44. The average Bonchev–Trinajstić information content (AvgIpc) is 2.83. The number of hydrogen-bond acceptors (Lipinski definition) is 4. The molecule has 1 fully saturated rings. The molecule has 1 aliphatic rings. The van der Waals surface area contributed by atoms with Gasteiger partial charge in [0, 0.05) is 37.1 Å². The second kappa shape index (κ2) is 11.4. The Hall–Kier alpha value is -1.14. The van der Waals surface area contributed by atoms with Crippen LogP contribution >= 0.6 is 11.3 Å². The van der Waals surface area contributed by atoms with Crippen LogP contribution in [-0.4, -0.2) is 55.1 Å². The van der Waals surface area contributed by atoms with E-state index in [1.165, 1.54) is 55.2 Å². The summed E-state index contributed by atoms with van der Waals surface area (Å²) in [5, 5.41) is 7.94. The molecule has 0 aliphatic carbocycles. The molecule has 1 saturated heterocycles. The number of nitrogens with one attached hydrogen (secondary N) is 2. The number of nitrogens with zero attached hydrogens (tertiary/aromatic N) is 3. The normalized spacial score (nSPS) is 16.8. The third-order valence-electron chi connectivity index (χ3n) is 4.25. The van der Waals surface area contributed by atoms with Crippen LogP contribution in [0.15, 0.2) is 11.2 Å². The molecule has 6 heteroatoms. The van der Waals surface area contributed by atoms with Crippen molar-refractivity contribution in [2.75, 3.05) is 39.3 Å². The average molecular weight is 352 g/mol. The topological polar surface area (TPSA) is 52.6 Å². The van der Waals surface area contributed by atoms with Gasteiger partial charge in [-0.3, -0.25) is 4.99 Å². The van der Waals surface area contributed by atoms with Crippen LogP contribution in [0.2, 0.25) is 0 Å². The van der Waals surface area contributed by atoms with Crippen LogP contribution in [0.3, 0.4) is 0 Å². The number of aliphatic imine (C=N–C) groups is 1. The van der Waals surface area contributed by atoms with Gasteiger partial charge in [-0.15, -0.1) is 11.3 Å². The van der Waals surface area contributed by atoms with Crippen LogP contribution in [0.1, 0.15) is 48.9 Å². The zero-order valence-corrected chi connectivity index (χ0v) is 16.1. The van der Waals surface area contributed by atoms with E-state index >= 15 is 0 Å². The quantitative estimate of drug-likeness (QED) is 0.430. The molecule has 0 radical (unpaired) electrons. The lowest BCUT2D eigenvalue weighted by atomic mass is 10.2. The van der Waals surface area contributed by atoms with Crippen LogP contribution in [0.4, 0.5) is 0 Å². The number of aryl methyl sites for hydroxylation is 1. The van der Waals surface area contributed by atoms with Gasteiger partial charge in [-0.1, -0.05) is 12.8 Å². The van der Waals surface area contributed by atoms with Crippen molar-refractivity contribution in [1.29, 1.82) is 0 Å². The molecule has 0 aromatic carbocycles. The number of likely N-dealkylation sites (tertiary alicyclic amines) is 1. The Morgan fingerprint density at radius 3 is 2.71 bits per heavy atom. The van der Waals surface area contributed by atoms with Crippen molar-refractivity contribution < 1.29 is 0 Å². The standard InChI is InChI=1S/C18H33N5S/c1-3-19-18(21-11-9-17-22-15-16(2)24-17)20-10-8-14-23-12-6-4-5-7-13-23/h15H,3-14H2,1-2H3,(H2,19,20,21). The Labute approximate surface area is 151 Å². The second-order valence-corrected chi connectivity index (χ2v) is 7.73. The van der Waals surface area contributed by atoms with E-state index in [-0.39, 0.29) is 0 Å². The molecule has 0 spiro atoms. The van der Waals surface area contributed by atoms with E-state index in [9.17, 15) is 0 Å². The molecular weight excluding hydrogens is 318 g/mol. The van der Waals surface area contributed by atoms with Gasteiger partial charge in [0.15, 0.2) is 5.96 Å². The largest absolute Gasteiger partial charge is 0.357 e. The summed E-state index contributed by atoms with van der Waals surface area (Å²) in [4.78, 5) is 13.0. The third kappa shape index (κ3) is 7.62. The van der Waals surface area contributed by atoms with Gasteiger partial charge >= 0.3 is 0 Å². The Bertz CT molecular complexity index is 478. The lowest BCUT2D eigenvalue weighted by Crippen LogP contribution is -2.38. The van der Waals surface area contributed by atoms with Gasteiger partial charge in [0.05, 0.1) is 5.01 Å². The summed E-state index contributed by atoms with van der Waals surface area (Å²) in [7, 11) is 0. The summed E-state index contributed by atoms with van der Waals surface area (Å²) in [6.45, 7) is 10.6. The van der Waals surface area contributed by atoms with Crippen LogP contribution in [0.25, 0.3) is 0 Å². The molecule has 0 amide bonds. The summed E-state index contributed by atoms with van der Waals surface area (Å²) in [5.74, 6) is 0.932. The number of guanidine groups is 1. The predicted octanol–water partition coefficient (Wildman–Crippen LogP) is 2.82. The molecule has 1 aliphatic heterocycles. The highest BCUT2D eigenvalue weighted by Gasteiger charge is 2.08. The van der Waals surface area contributed by atoms with Gasteiger partial charge in [-0.2, -0.15) is 0 Å². The molecule has 5 nitrogen and oxygen atoms in total. The van der Waals surface area contributed by atoms with Crippen molar-refractivity contribution >= 4 is 17.3 Å². The Morgan fingerprint density at radius 2 is 2.04 bits per heavy atom. The highest BCUT2D eigenvalue weighted by Crippen LogP contribution is 2.11. The molecule has 1 aromatic rings. The fourth-order valence-corrected chi connectivity index (χ4v) is 3.78. The maximum atomic E-state index is 4.71. The van der Waals surface area contributed by atoms with Gasteiger partial charge in [-0.25, -0.2) is 4.98 Å². The second-order valence-electron chi connectivity index (χ2n) is 6.41. The van der Waals surface area contributed by atoms with E-state index < -0.39 is 0 Å². The summed E-state index contributed by atoms with van der Waals surface area (Å²) < 4.78 is 0. The van der Waals surface area contributed by atoms with Crippen LogP contribution in [0.5, 0.6) is 0 Å². The van der Waals surface area contributed by atoms with E-state index in [0.717, 1.165) is 38.4 Å². The number of aromatic nitrogens is 1. The van der Waals surface area contributed by atoms with E-state index in [1.807, 2.05) is 6.20 Å². The van der Waals surface area contributed by atoms with Crippen molar-refractivity contribution in [3.63, 3.8) is 0 Å². The highest BCUT2D eigenvalue weighted by molar-refractivity contribution is 7.11. The van der Waals surface area contributed by atoms with Crippen molar-refractivity contribution in [3.8, 4) is 0 Å². The molecule has 136 valence electrons. The smallest absolute Gasteiger partial charge is 0.191 e. The molecule has 0 saturated carbocycles. The third-order valence-corrected chi connectivity index (χ3v) is 5.22. The van der Waals surface area contributed by atoms with E-state index in [0.29, 0.717) is 0 Å². The molecule has 2 heterocycles. The maximum Gasteiger partial charge on any atom is 0.191 e. The van der Waals surface area contributed by atoms with Crippen LogP contribution in [0, 0.1) is 6.92 Å². The van der Waals surface area contributed by atoms with Gasteiger partial charge in [0.1, 0.15) is 0 Å². The van der Waals surface area contributed by atoms with Gasteiger partial charge in [0.2, 0.25) is 0 Å². The Morgan fingerprint density at radius 1 is 1.25 bits per heavy atom. The van der Waals surface area contributed by atoms with Crippen molar-refractivity contribution in [2.45, 2.75) is 52.4 Å². The minimum atomic E-state index is 0.880. The predicted molar refractivity (Wildman–Crippen MR) is 104 cm³/mol. The zero-order valence-electron chi connectivity index (χ0n) is 15.3. The van der Waals surface area contributed by atoms with Crippen molar-refractivity contribution in [3.05, 3.63) is 16.1 Å². The molecule has 1 aromatic heterocycles. The first-order valence-corrected chi connectivity index (χ1v) is 10.3. The van der Waals surface area contributed by atoms with Gasteiger partial charge < -0.3 is 15.5 Å². The first kappa shape index (κ1) is 19.2. The molecule has 0 unspecified atom stereocenters. The lowest BCUT2D eigenvalue weighted by Gasteiger charge is -2.19. The number of thiazole rings is 1. The van der Waals surface area contributed by atoms with Crippen molar-refractivity contribution in [2.24, 2.45) is 4.99 Å². The van der Waals surface area contributed by atoms with E-state index in [2.05, 4.69) is 34.4 Å². The Balaban J connectivity index is 1.65. The van der Waals surface area contributed by atoms with Gasteiger partial charge in [-0.05, 0) is 52.7 Å². The summed E-state index contributed by atoms with van der Waals surface area (Å²) in [6.07, 6.45) is 9.58. The molecular formula is C18H33N5S. The molecule has 0 atom stereocenters. The first-order chi connectivity index (χ1) is 11.8. The van der Waals surface area contributed by atoms with Crippen molar-refractivity contribution in [1.82, 2.24) is 20.5 Å². The maximum absolute atomic E-state index is 4.71. The minimum absolute atomic E-state index is 0.880. The van der Waals surface area contributed by atoms with E-state index in [4.69, 9.17) is 4.99 Å². The van der Waals surface area contributed by atoms with Gasteiger partial charge in [0.25, 0.3) is 0 Å².